The van der Waals surface area contributed by atoms with Gasteiger partial charge in [0.25, 0.3) is 0 Å². The van der Waals surface area contributed by atoms with Gasteiger partial charge in [0.1, 0.15) is 6.29 Å². The summed E-state index contributed by atoms with van der Waals surface area (Å²) in [6.07, 6.45) is 2.18. The summed E-state index contributed by atoms with van der Waals surface area (Å²) in [7, 11) is 0. The van der Waals surface area contributed by atoms with Gasteiger partial charge in [-0.2, -0.15) is 0 Å². The maximum absolute atomic E-state index is 10.1. The Kier molecular flexibility index (Phi) is 12.9. The first-order valence-corrected chi connectivity index (χ1v) is 8.92. The van der Waals surface area contributed by atoms with Gasteiger partial charge in [0.05, 0.1) is 3.79 Å². The lowest BCUT2D eigenvalue weighted by molar-refractivity contribution is -0.111. The van der Waals surface area contributed by atoms with Crippen molar-refractivity contribution in [2.45, 2.75) is 19.8 Å². The second-order valence-electron chi connectivity index (χ2n) is 3.70. The molecule has 0 aliphatic rings. The van der Waals surface area contributed by atoms with E-state index >= 15 is 0 Å². The molecule has 0 saturated carbocycles. The van der Waals surface area contributed by atoms with E-state index in [0.717, 1.165) is 17.2 Å². The van der Waals surface area contributed by atoms with E-state index in [4.69, 9.17) is 11.6 Å². The molecule has 1 heterocycles. The first-order valence-electron chi connectivity index (χ1n) is 6.07. The number of halogens is 3. The Morgan fingerprint density at radius 3 is 2.24 bits per heavy atom. The molecular formula is C15H15Br2ClO2S. The van der Waals surface area contributed by atoms with Crippen molar-refractivity contribution in [3.05, 3.63) is 55.6 Å². The van der Waals surface area contributed by atoms with E-state index in [2.05, 4.69) is 31.9 Å². The van der Waals surface area contributed by atoms with Crippen LogP contribution in [0.5, 0.6) is 0 Å². The Bertz CT molecular complexity index is 530. The van der Waals surface area contributed by atoms with E-state index in [1.807, 2.05) is 36.6 Å². The highest BCUT2D eigenvalue weighted by Crippen LogP contribution is 2.14. The zero-order valence-electron chi connectivity index (χ0n) is 11.4. The maximum Gasteiger partial charge on any atom is 0.221 e. The lowest BCUT2D eigenvalue weighted by atomic mass is 10.2. The first-order chi connectivity index (χ1) is 9.99. The van der Waals surface area contributed by atoms with Crippen LogP contribution in [0.15, 0.2) is 50.0 Å². The minimum atomic E-state index is -0.238. The van der Waals surface area contributed by atoms with Gasteiger partial charge in [-0.25, -0.2) is 0 Å². The van der Waals surface area contributed by atoms with Gasteiger partial charge >= 0.3 is 0 Å². The molecule has 0 bridgehead atoms. The quantitative estimate of drug-likeness (QED) is 0.401. The summed E-state index contributed by atoms with van der Waals surface area (Å²) in [6.45, 7) is 1.92. The number of thiophene rings is 1. The minimum Gasteiger partial charge on any atom is -0.298 e. The molecule has 0 radical (unpaired) electrons. The van der Waals surface area contributed by atoms with E-state index in [1.54, 1.807) is 23.5 Å². The van der Waals surface area contributed by atoms with Crippen LogP contribution in [0.3, 0.4) is 0 Å². The summed E-state index contributed by atoms with van der Waals surface area (Å²) in [5.74, 6) is 0. The van der Waals surface area contributed by atoms with Gasteiger partial charge in [-0.05, 0) is 57.5 Å². The van der Waals surface area contributed by atoms with Gasteiger partial charge in [-0.1, -0.05) is 41.1 Å². The molecule has 0 aliphatic heterocycles. The SMILES string of the molecule is Brc1cccs1.CCCC(=O)Cl.O=Cc1cccc(Br)c1. The van der Waals surface area contributed by atoms with Crippen molar-refractivity contribution in [3.63, 3.8) is 0 Å². The molecule has 1 aromatic heterocycles. The molecule has 0 N–H and O–H groups in total. The third kappa shape index (κ3) is 12.9. The van der Waals surface area contributed by atoms with Gasteiger partial charge in [0, 0.05) is 16.5 Å². The summed E-state index contributed by atoms with van der Waals surface area (Å²) >= 11 is 13.2. The fourth-order valence-electron chi connectivity index (χ4n) is 1.03. The van der Waals surface area contributed by atoms with Crippen LogP contribution in [0.4, 0.5) is 0 Å². The molecule has 2 nitrogen and oxygen atoms in total. The van der Waals surface area contributed by atoms with Gasteiger partial charge < -0.3 is 0 Å². The molecular weight excluding hydrogens is 439 g/mol. The summed E-state index contributed by atoms with van der Waals surface area (Å²) < 4.78 is 2.13. The minimum absolute atomic E-state index is 0.238. The highest BCUT2D eigenvalue weighted by molar-refractivity contribution is 9.11. The summed E-state index contributed by atoms with van der Waals surface area (Å²) in [5.41, 5.74) is 0.698. The van der Waals surface area contributed by atoms with E-state index in [0.29, 0.717) is 12.0 Å². The first kappa shape index (κ1) is 20.5. The molecule has 6 heteroatoms. The maximum atomic E-state index is 10.1. The van der Waals surface area contributed by atoms with Crippen LogP contribution >= 0.6 is 54.8 Å². The van der Waals surface area contributed by atoms with Gasteiger partial charge in [-0.3, -0.25) is 9.59 Å². The van der Waals surface area contributed by atoms with Crippen molar-refractivity contribution in [1.82, 2.24) is 0 Å². The zero-order chi connectivity index (χ0) is 16.1. The molecule has 0 saturated heterocycles. The molecule has 0 aliphatic carbocycles. The number of benzene rings is 1. The molecule has 0 spiro atoms. The second-order valence-corrected chi connectivity index (χ2v) is 7.36. The third-order valence-corrected chi connectivity index (χ3v) is 4.08. The Labute approximate surface area is 150 Å². The lowest BCUT2D eigenvalue weighted by Gasteiger charge is -1.88. The smallest absolute Gasteiger partial charge is 0.221 e. The van der Waals surface area contributed by atoms with Crippen molar-refractivity contribution >= 4 is 66.3 Å². The molecule has 0 amide bonds. The molecule has 0 fully saturated rings. The predicted molar refractivity (Wildman–Crippen MR) is 97.3 cm³/mol. The Hall–Kier alpha value is -0.490. The van der Waals surface area contributed by atoms with E-state index in [1.165, 1.54) is 3.79 Å². The topological polar surface area (TPSA) is 34.1 Å². The number of carbonyl (C=O) groups is 2. The number of aldehydes is 1. The molecule has 2 rings (SSSR count). The van der Waals surface area contributed by atoms with Gasteiger partial charge in [-0.15, -0.1) is 11.3 Å². The van der Waals surface area contributed by atoms with E-state index in [9.17, 15) is 9.59 Å². The van der Waals surface area contributed by atoms with Crippen molar-refractivity contribution < 1.29 is 9.59 Å². The van der Waals surface area contributed by atoms with Crippen molar-refractivity contribution in [3.8, 4) is 0 Å². The van der Waals surface area contributed by atoms with Crippen molar-refractivity contribution in [2.24, 2.45) is 0 Å². The van der Waals surface area contributed by atoms with Crippen LogP contribution in [0, 0.1) is 0 Å². The highest BCUT2D eigenvalue weighted by atomic mass is 79.9. The fourth-order valence-corrected chi connectivity index (χ4v) is 2.56. The van der Waals surface area contributed by atoms with Gasteiger partial charge in [0.2, 0.25) is 5.24 Å². The monoisotopic (exact) mass is 452 g/mol. The number of carbonyl (C=O) groups excluding carboxylic acids is 2. The molecule has 114 valence electrons. The Morgan fingerprint density at radius 2 is 2.00 bits per heavy atom. The molecule has 0 atom stereocenters. The largest absolute Gasteiger partial charge is 0.298 e. The summed E-state index contributed by atoms with van der Waals surface area (Å²) in [4.78, 5) is 19.9. The number of rotatable bonds is 3. The van der Waals surface area contributed by atoms with Crippen LogP contribution in [0.25, 0.3) is 0 Å². The molecule has 0 unspecified atom stereocenters. The third-order valence-electron chi connectivity index (χ3n) is 1.92. The van der Waals surface area contributed by atoms with E-state index in [-0.39, 0.29) is 5.24 Å². The zero-order valence-corrected chi connectivity index (χ0v) is 16.1. The summed E-state index contributed by atoms with van der Waals surface area (Å²) in [6, 6.07) is 11.3. The van der Waals surface area contributed by atoms with Crippen LogP contribution in [-0.2, 0) is 4.79 Å². The van der Waals surface area contributed by atoms with Crippen LogP contribution in [0.2, 0.25) is 0 Å². The molecule has 2 aromatic rings. The lowest BCUT2D eigenvalue weighted by Crippen LogP contribution is -1.79. The predicted octanol–water partition coefficient (Wildman–Crippen LogP) is 6.32. The van der Waals surface area contributed by atoms with E-state index < -0.39 is 0 Å². The second kappa shape index (κ2) is 13.2. The highest BCUT2D eigenvalue weighted by Gasteiger charge is 1.88. The van der Waals surface area contributed by atoms with Crippen LogP contribution in [-0.4, -0.2) is 11.5 Å². The van der Waals surface area contributed by atoms with Crippen LogP contribution < -0.4 is 0 Å². The average molecular weight is 455 g/mol. The fraction of sp³-hybridized carbons (Fsp3) is 0.200. The average Bonchev–Trinajstić information content (AvgIpc) is 2.91. The molecule has 21 heavy (non-hydrogen) atoms. The number of hydrogen-bond acceptors (Lipinski definition) is 3. The Morgan fingerprint density at radius 1 is 1.29 bits per heavy atom. The molecule has 1 aromatic carbocycles. The Balaban J connectivity index is 0.000000297. The van der Waals surface area contributed by atoms with Gasteiger partial charge in [0.15, 0.2) is 0 Å². The van der Waals surface area contributed by atoms with Crippen molar-refractivity contribution in [1.29, 1.82) is 0 Å². The standard InChI is InChI=1S/C7H5BrO.C4H3BrS.C4H7ClO/c8-7-3-1-2-6(4-7)5-9;5-4-2-1-3-6-4;1-2-3-4(5)6/h1-5H;1-3H;2-3H2,1H3. The summed E-state index contributed by atoms with van der Waals surface area (Å²) in [5, 5.41) is 1.79. The van der Waals surface area contributed by atoms with Crippen LogP contribution in [0.1, 0.15) is 30.1 Å². The van der Waals surface area contributed by atoms with Crippen molar-refractivity contribution in [2.75, 3.05) is 0 Å². The number of hydrogen-bond donors (Lipinski definition) is 0. The normalized spacial score (nSPS) is 8.76.